The summed E-state index contributed by atoms with van der Waals surface area (Å²) < 4.78 is 0. The summed E-state index contributed by atoms with van der Waals surface area (Å²) in [6, 6.07) is 0. The molecule has 0 saturated heterocycles. The first-order valence-corrected chi connectivity index (χ1v) is 6.79. The summed E-state index contributed by atoms with van der Waals surface area (Å²) in [7, 11) is 0. The summed E-state index contributed by atoms with van der Waals surface area (Å²) in [5.74, 6) is 0.493. The van der Waals surface area contributed by atoms with Crippen molar-refractivity contribution in [1.29, 1.82) is 0 Å². The van der Waals surface area contributed by atoms with Crippen LogP contribution in [0.1, 0.15) is 55.2 Å². The van der Waals surface area contributed by atoms with E-state index in [4.69, 9.17) is 5.73 Å². The van der Waals surface area contributed by atoms with Crippen molar-refractivity contribution in [3.63, 3.8) is 0 Å². The minimum Gasteiger partial charge on any atom is -0.395 e. The van der Waals surface area contributed by atoms with E-state index in [1.807, 2.05) is 13.8 Å². The number of amides is 1. The van der Waals surface area contributed by atoms with Gasteiger partial charge in [-0.2, -0.15) is 5.10 Å². The number of nitrogens with one attached hydrogen (secondary N) is 2. The van der Waals surface area contributed by atoms with Crippen molar-refractivity contribution in [2.24, 2.45) is 5.92 Å². The first-order chi connectivity index (χ1) is 8.99. The number of aromatic nitrogens is 2. The molecule has 1 aromatic rings. The Hall–Kier alpha value is -1.56. The van der Waals surface area contributed by atoms with Gasteiger partial charge in [-0.05, 0) is 25.2 Å². The van der Waals surface area contributed by atoms with Crippen LogP contribution in [0.25, 0.3) is 0 Å². The molecule has 1 fully saturated rings. The van der Waals surface area contributed by atoms with Crippen LogP contribution < -0.4 is 11.1 Å². The number of aliphatic hydroxyl groups is 1. The smallest absolute Gasteiger partial charge is 0.274 e. The van der Waals surface area contributed by atoms with Crippen molar-refractivity contribution in [3.05, 3.63) is 11.4 Å². The van der Waals surface area contributed by atoms with Gasteiger partial charge in [0.2, 0.25) is 0 Å². The first kappa shape index (κ1) is 13.9. The Kier molecular flexibility index (Phi) is 4.09. The molecule has 0 bridgehead atoms. The van der Waals surface area contributed by atoms with Gasteiger partial charge in [-0.15, -0.1) is 0 Å². The molecular formula is C13H22N4O2. The number of nitrogens with two attached hydrogens (primary N) is 1. The van der Waals surface area contributed by atoms with Gasteiger partial charge in [-0.3, -0.25) is 9.89 Å². The third kappa shape index (κ3) is 3.47. The SMILES string of the molecule is CC(C)CC(O)CNC(=O)c1n[nH]c(C2CC2)c1N. The van der Waals surface area contributed by atoms with Gasteiger partial charge in [-0.25, -0.2) is 0 Å². The quantitative estimate of drug-likeness (QED) is 0.616. The van der Waals surface area contributed by atoms with Gasteiger partial charge in [0.1, 0.15) is 0 Å². The molecule has 0 radical (unpaired) electrons. The molecule has 19 heavy (non-hydrogen) atoms. The van der Waals surface area contributed by atoms with Crippen molar-refractivity contribution < 1.29 is 9.90 Å². The van der Waals surface area contributed by atoms with Gasteiger partial charge in [-0.1, -0.05) is 13.8 Å². The Morgan fingerprint density at radius 2 is 2.26 bits per heavy atom. The number of aliphatic hydroxyl groups excluding tert-OH is 1. The molecule has 0 spiro atoms. The number of nitrogens with zero attached hydrogens (tertiary/aromatic N) is 1. The third-order valence-electron chi connectivity index (χ3n) is 3.28. The molecule has 1 saturated carbocycles. The van der Waals surface area contributed by atoms with E-state index in [1.54, 1.807) is 0 Å². The van der Waals surface area contributed by atoms with Gasteiger partial charge in [0, 0.05) is 12.5 Å². The van der Waals surface area contributed by atoms with Crippen LogP contribution in [0, 0.1) is 5.92 Å². The number of nitrogen functional groups attached to an aromatic ring is 1. The predicted octanol–water partition coefficient (Wildman–Crippen LogP) is 1.01. The maximum Gasteiger partial charge on any atom is 0.274 e. The van der Waals surface area contributed by atoms with Crippen LogP contribution in [-0.4, -0.2) is 33.9 Å². The van der Waals surface area contributed by atoms with E-state index in [1.165, 1.54) is 0 Å². The number of aromatic amines is 1. The highest BCUT2D eigenvalue weighted by Crippen LogP contribution is 2.42. The van der Waals surface area contributed by atoms with Crippen molar-refractivity contribution in [3.8, 4) is 0 Å². The Balaban J connectivity index is 1.89. The second kappa shape index (κ2) is 5.61. The highest BCUT2D eigenvalue weighted by molar-refractivity contribution is 5.97. The second-order valence-corrected chi connectivity index (χ2v) is 5.67. The summed E-state index contributed by atoms with van der Waals surface area (Å²) in [6.07, 6.45) is 2.32. The fraction of sp³-hybridized carbons (Fsp3) is 0.692. The molecule has 1 aliphatic rings. The van der Waals surface area contributed by atoms with E-state index in [0.717, 1.165) is 18.5 Å². The summed E-state index contributed by atoms with van der Waals surface area (Å²) in [6.45, 7) is 4.28. The van der Waals surface area contributed by atoms with Crippen LogP contribution in [0.2, 0.25) is 0 Å². The van der Waals surface area contributed by atoms with Crippen molar-refractivity contribution in [1.82, 2.24) is 15.5 Å². The minimum atomic E-state index is -0.535. The summed E-state index contributed by atoms with van der Waals surface area (Å²) in [4.78, 5) is 11.9. The van der Waals surface area contributed by atoms with Crippen molar-refractivity contribution >= 4 is 11.6 Å². The Bertz CT molecular complexity index is 451. The number of anilines is 1. The summed E-state index contributed by atoms with van der Waals surface area (Å²) >= 11 is 0. The maximum absolute atomic E-state index is 11.9. The highest BCUT2D eigenvalue weighted by atomic mass is 16.3. The lowest BCUT2D eigenvalue weighted by Gasteiger charge is -2.13. The molecule has 2 rings (SSSR count). The molecule has 5 N–H and O–H groups in total. The van der Waals surface area contributed by atoms with Crippen LogP contribution in [0.3, 0.4) is 0 Å². The Morgan fingerprint density at radius 1 is 1.58 bits per heavy atom. The molecule has 1 aliphatic carbocycles. The maximum atomic E-state index is 11.9. The third-order valence-corrected chi connectivity index (χ3v) is 3.28. The fourth-order valence-corrected chi connectivity index (χ4v) is 2.14. The van der Waals surface area contributed by atoms with E-state index >= 15 is 0 Å². The van der Waals surface area contributed by atoms with Crippen molar-refractivity contribution in [2.45, 2.75) is 45.1 Å². The van der Waals surface area contributed by atoms with E-state index in [9.17, 15) is 9.90 Å². The molecule has 0 aromatic carbocycles. The normalized spacial score (nSPS) is 16.6. The standard InChI is InChI=1S/C13H22N4O2/c1-7(2)5-9(18)6-15-13(19)12-10(14)11(16-17-12)8-3-4-8/h7-9,18H,3-6,14H2,1-2H3,(H,15,19)(H,16,17). The zero-order valence-corrected chi connectivity index (χ0v) is 11.4. The second-order valence-electron chi connectivity index (χ2n) is 5.67. The molecule has 0 aliphatic heterocycles. The number of hydrogen-bond donors (Lipinski definition) is 4. The summed E-state index contributed by atoms with van der Waals surface area (Å²) in [5, 5.41) is 19.2. The van der Waals surface area contributed by atoms with E-state index in [0.29, 0.717) is 23.9 Å². The lowest BCUT2D eigenvalue weighted by Crippen LogP contribution is -2.33. The molecule has 6 nitrogen and oxygen atoms in total. The molecule has 1 aromatic heterocycles. The molecule has 6 heteroatoms. The monoisotopic (exact) mass is 266 g/mol. The number of carbonyl (C=O) groups is 1. The average Bonchev–Trinajstić information content (AvgIpc) is 3.09. The topological polar surface area (TPSA) is 104 Å². The fourth-order valence-electron chi connectivity index (χ4n) is 2.14. The van der Waals surface area contributed by atoms with Crippen LogP contribution in [0.5, 0.6) is 0 Å². The molecule has 1 atom stereocenters. The van der Waals surface area contributed by atoms with Crippen LogP contribution in [-0.2, 0) is 0 Å². The predicted molar refractivity (Wildman–Crippen MR) is 72.8 cm³/mol. The molecule has 1 amide bonds. The number of hydrogen-bond acceptors (Lipinski definition) is 4. The van der Waals surface area contributed by atoms with E-state index < -0.39 is 6.10 Å². The van der Waals surface area contributed by atoms with Crippen molar-refractivity contribution in [2.75, 3.05) is 12.3 Å². The molecule has 1 unspecified atom stereocenters. The van der Waals surface area contributed by atoms with Gasteiger partial charge in [0.25, 0.3) is 5.91 Å². The van der Waals surface area contributed by atoms with Crippen LogP contribution in [0.4, 0.5) is 5.69 Å². The number of carbonyl (C=O) groups excluding carboxylic acids is 1. The Labute approximate surface area is 112 Å². The lowest BCUT2D eigenvalue weighted by atomic mass is 10.1. The van der Waals surface area contributed by atoms with E-state index in [2.05, 4.69) is 15.5 Å². The number of H-pyrrole nitrogens is 1. The minimum absolute atomic E-state index is 0.224. The lowest BCUT2D eigenvalue weighted by molar-refractivity contribution is 0.0896. The highest BCUT2D eigenvalue weighted by Gasteiger charge is 2.30. The van der Waals surface area contributed by atoms with Crippen LogP contribution in [0.15, 0.2) is 0 Å². The molecular weight excluding hydrogens is 244 g/mol. The van der Waals surface area contributed by atoms with E-state index in [-0.39, 0.29) is 18.1 Å². The van der Waals surface area contributed by atoms with Gasteiger partial charge in [0.05, 0.1) is 17.5 Å². The Morgan fingerprint density at radius 3 is 2.84 bits per heavy atom. The van der Waals surface area contributed by atoms with Gasteiger partial charge in [0.15, 0.2) is 5.69 Å². The largest absolute Gasteiger partial charge is 0.395 e. The average molecular weight is 266 g/mol. The first-order valence-electron chi connectivity index (χ1n) is 6.79. The molecule has 106 valence electrons. The molecule has 1 heterocycles. The van der Waals surface area contributed by atoms with Crippen LogP contribution >= 0.6 is 0 Å². The van der Waals surface area contributed by atoms with Gasteiger partial charge < -0.3 is 16.2 Å². The zero-order valence-electron chi connectivity index (χ0n) is 11.4. The zero-order chi connectivity index (χ0) is 14.0. The number of rotatable bonds is 6. The summed E-state index contributed by atoms with van der Waals surface area (Å²) in [5.41, 5.74) is 7.46. The van der Waals surface area contributed by atoms with Gasteiger partial charge >= 0.3 is 0 Å².